The molecule has 1 saturated heterocycles. The normalized spacial score (nSPS) is 26.3. The smallest absolute Gasteiger partial charge is 0.228 e. The molecule has 1 aromatic heterocycles. The molecule has 0 aromatic carbocycles. The average molecular weight is 302 g/mol. The van der Waals surface area contributed by atoms with Crippen molar-refractivity contribution in [3.05, 3.63) is 15.0 Å². The van der Waals surface area contributed by atoms with Gasteiger partial charge in [0.15, 0.2) is 3.92 Å². The number of amidine groups is 1. The first-order chi connectivity index (χ1) is 7.42. The molecule has 1 atom stereocenters. The third kappa shape index (κ3) is 1.91. The maximum absolute atomic E-state index is 11.8. The van der Waals surface area contributed by atoms with Crippen LogP contribution in [0.4, 0.5) is 0 Å². The lowest BCUT2D eigenvalue weighted by molar-refractivity contribution is -0.128. The summed E-state index contributed by atoms with van der Waals surface area (Å²) < 4.78 is 0.821. The molecule has 2 rings (SSSR count). The van der Waals surface area contributed by atoms with Gasteiger partial charge in [0, 0.05) is 36.4 Å². The van der Waals surface area contributed by atoms with E-state index in [-0.39, 0.29) is 11.3 Å². The van der Waals surface area contributed by atoms with E-state index in [0.29, 0.717) is 18.7 Å². The molecule has 1 aromatic rings. The maximum atomic E-state index is 11.8. The van der Waals surface area contributed by atoms with E-state index in [1.54, 1.807) is 13.2 Å². The monoisotopic (exact) mass is 301 g/mol. The molecule has 16 heavy (non-hydrogen) atoms. The molecule has 2 heterocycles. The van der Waals surface area contributed by atoms with Gasteiger partial charge in [0.25, 0.3) is 0 Å². The molecule has 6 heteroatoms. The average Bonchev–Trinajstić information content (AvgIpc) is 2.62. The summed E-state index contributed by atoms with van der Waals surface area (Å²) in [5.74, 6) is 0.381. The van der Waals surface area contributed by atoms with Crippen LogP contribution in [0.5, 0.6) is 0 Å². The molecular formula is C10H12BrN3OS. The predicted molar refractivity (Wildman–Crippen MR) is 66.9 cm³/mol. The van der Waals surface area contributed by atoms with Crippen LogP contribution < -0.4 is 0 Å². The van der Waals surface area contributed by atoms with Gasteiger partial charge in [-0.25, -0.2) is 4.98 Å². The molecule has 4 nitrogen and oxygen atoms in total. The van der Waals surface area contributed by atoms with Gasteiger partial charge in [-0.1, -0.05) is 6.92 Å². The first kappa shape index (κ1) is 11.7. The van der Waals surface area contributed by atoms with Crippen LogP contribution in [0.1, 0.15) is 24.6 Å². The van der Waals surface area contributed by atoms with E-state index in [2.05, 4.69) is 20.9 Å². The van der Waals surface area contributed by atoms with Gasteiger partial charge >= 0.3 is 0 Å². The van der Waals surface area contributed by atoms with Crippen molar-refractivity contribution >= 4 is 39.0 Å². The van der Waals surface area contributed by atoms with Crippen LogP contribution in [0.2, 0.25) is 0 Å². The molecule has 1 aliphatic rings. The van der Waals surface area contributed by atoms with Crippen LogP contribution in [0.3, 0.4) is 0 Å². The quantitative estimate of drug-likeness (QED) is 0.866. The Morgan fingerprint density at radius 1 is 1.62 bits per heavy atom. The van der Waals surface area contributed by atoms with Crippen molar-refractivity contribution in [1.82, 2.24) is 9.88 Å². The third-order valence-electron chi connectivity index (χ3n) is 2.95. The topological polar surface area (TPSA) is 57.1 Å². The van der Waals surface area contributed by atoms with Crippen LogP contribution >= 0.6 is 27.3 Å². The van der Waals surface area contributed by atoms with Gasteiger partial charge in [-0.05, 0) is 15.9 Å². The molecule has 86 valence electrons. The fourth-order valence-electron chi connectivity index (χ4n) is 1.86. The highest BCUT2D eigenvalue weighted by Crippen LogP contribution is 2.39. The fraction of sp³-hybridized carbons (Fsp3) is 0.500. The van der Waals surface area contributed by atoms with Gasteiger partial charge < -0.3 is 4.90 Å². The Bertz CT molecular complexity index is 439. The number of carbonyl (C=O) groups is 1. The number of hydrogen-bond acceptors (Lipinski definition) is 4. The molecule has 1 fully saturated rings. The highest BCUT2D eigenvalue weighted by atomic mass is 79.9. The number of carbonyl (C=O) groups excluding carboxylic acids is 1. The molecule has 0 spiro atoms. The molecule has 0 unspecified atom stereocenters. The molecule has 0 bridgehead atoms. The summed E-state index contributed by atoms with van der Waals surface area (Å²) in [4.78, 5) is 18.4. The van der Waals surface area contributed by atoms with Crippen molar-refractivity contribution < 1.29 is 4.79 Å². The minimum Gasteiger partial charge on any atom is -0.304 e. The van der Waals surface area contributed by atoms with E-state index >= 15 is 0 Å². The number of halogens is 1. The highest BCUT2D eigenvalue weighted by molar-refractivity contribution is 9.11. The summed E-state index contributed by atoms with van der Waals surface area (Å²) in [5, 5.41) is 7.81. The minimum absolute atomic E-state index is 0.00303. The predicted octanol–water partition coefficient (Wildman–Crippen LogP) is 2.39. The van der Waals surface area contributed by atoms with E-state index in [1.807, 2.05) is 6.92 Å². The summed E-state index contributed by atoms with van der Waals surface area (Å²) in [6.07, 6.45) is 2.82. The van der Waals surface area contributed by atoms with Crippen molar-refractivity contribution in [2.75, 3.05) is 7.05 Å². The zero-order valence-electron chi connectivity index (χ0n) is 9.08. The van der Waals surface area contributed by atoms with Gasteiger partial charge in [-0.3, -0.25) is 10.2 Å². The number of hydrogen-bond donors (Lipinski definition) is 1. The van der Waals surface area contributed by atoms with E-state index in [9.17, 15) is 4.79 Å². The number of thiazole rings is 1. The Kier molecular flexibility index (Phi) is 2.88. The lowest BCUT2D eigenvalue weighted by Gasteiger charge is -2.36. The summed E-state index contributed by atoms with van der Waals surface area (Å²) in [6.45, 7) is 2.02. The largest absolute Gasteiger partial charge is 0.304 e. The van der Waals surface area contributed by atoms with Crippen LogP contribution in [0.25, 0.3) is 0 Å². The number of nitrogens with zero attached hydrogens (tertiary/aromatic N) is 2. The van der Waals surface area contributed by atoms with Crippen molar-refractivity contribution in [3.63, 3.8) is 0 Å². The second kappa shape index (κ2) is 3.92. The Morgan fingerprint density at radius 3 is 2.81 bits per heavy atom. The van der Waals surface area contributed by atoms with Gasteiger partial charge in [0.1, 0.15) is 5.84 Å². The third-order valence-corrected chi connectivity index (χ3v) is 4.73. The summed E-state index contributed by atoms with van der Waals surface area (Å²) >= 11 is 4.86. The lowest BCUT2D eigenvalue weighted by atomic mass is 9.78. The minimum atomic E-state index is -0.273. The number of amides is 1. The second-order valence-corrected chi connectivity index (χ2v) is 6.60. The maximum Gasteiger partial charge on any atom is 0.228 e. The number of piperidine rings is 1. The molecular weight excluding hydrogens is 290 g/mol. The SMILES string of the molecule is CN1C(=N)C[C@](C)(c2cnc(Br)s2)CC1=O. The Labute approximate surface area is 106 Å². The second-order valence-electron chi connectivity index (χ2n) is 4.29. The fourth-order valence-corrected chi connectivity index (χ4v) is 3.27. The first-order valence-electron chi connectivity index (χ1n) is 4.88. The van der Waals surface area contributed by atoms with Crippen molar-refractivity contribution in [3.8, 4) is 0 Å². The van der Waals surface area contributed by atoms with Crippen LogP contribution in [-0.2, 0) is 10.2 Å². The Hall–Kier alpha value is -0.750. The van der Waals surface area contributed by atoms with E-state index in [1.165, 1.54) is 16.2 Å². The Balaban J connectivity index is 2.33. The zero-order chi connectivity index (χ0) is 11.9. The van der Waals surface area contributed by atoms with Crippen molar-refractivity contribution in [2.45, 2.75) is 25.2 Å². The van der Waals surface area contributed by atoms with Crippen LogP contribution in [-0.4, -0.2) is 28.7 Å². The van der Waals surface area contributed by atoms with Crippen LogP contribution in [0.15, 0.2) is 10.1 Å². The Morgan fingerprint density at radius 2 is 2.31 bits per heavy atom. The summed E-state index contributed by atoms with van der Waals surface area (Å²) in [7, 11) is 1.66. The first-order valence-corrected chi connectivity index (χ1v) is 6.49. The van der Waals surface area contributed by atoms with Crippen LogP contribution in [0, 0.1) is 5.41 Å². The number of aromatic nitrogens is 1. The number of likely N-dealkylation sites (tertiary alicyclic amines) is 1. The van der Waals surface area contributed by atoms with Gasteiger partial charge in [-0.2, -0.15) is 0 Å². The molecule has 0 aliphatic carbocycles. The number of rotatable bonds is 1. The zero-order valence-corrected chi connectivity index (χ0v) is 11.5. The highest BCUT2D eigenvalue weighted by Gasteiger charge is 2.39. The van der Waals surface area contributed by atoms with Gasteiger partial charge in [0.2, 0.25) is 5.91 Å². The van der Waals surface area contributed by atoms with Gasteiger partial charge in [-0.15, -0.1) is 11.3 Å². The molecule has 1 amide bonds. The molecule has 0 radical (unpaired) electrons. The van der Waals surface area contributed by atoms with Crippen molar-refractivity contribution in [2.24, 2.45) is 0 Å². The standard InChI is InChI=1S/C10H12BrN3OS/c1-10(6-5-13-9(11)16-6)3-7(12)14(2)8(15)4-10/h5,12H,3-4H2,1-2H3/t10-/m0/s1. The summed E-state index contributed by atoms with van der Waals surface area (Å²) in [5.41, 5.74) is -0.273. The molecule has 1 N–H and O–H groups in total. The molecule has 0 saturated carbocycles. The van der Waals surface area contributed by atoms with Crippen molar-refractivity contribution in [1.29, 1.82) is 5.41 Å². The van der Waals surface area contributed by atoms with E-state index in [0.717, 1.165) is 8.79 Å². The van der Waals surface area contributed by atoms with Gasteiger partial charge in [0.05, 0.1) is 0 Å². The summed E-state index contributed by atoms with van der Waals surface area (Å²) in [6, 6.07) is 0. The van der Waals surface area contributed by atoms with E-state index < -0.39 is 0 Å². The molecule has 1 aliphatic heterocycles. The number of nitrogens with one attached hydrogen (secondary N) is 1. The lowest BCUT2D eigenvalue weighted by Crippen LogP contribution is -2.46. The van der Waals surface area contributed by atoms with E-state index in [4.69, 9.17) is 5.41 Å².